The van der Waals surface area contributed by atoms with E-state index in [1.807, 2.05) is 0 Å². The van der Waals surface area contributed by atoms with Crippen molar-refractivity contribution in [2.24, 2.45) is 10.7 Å². The van der Waals surface area contributed by atoms with E-state index in [4.69, 9.17) is 10.5 Å². The van der Waals surface area contributed by atoms with Crippen molar-refractivity contribution in [2.45, 2.75) is 6.42 Å². The molecule has 2 aromatic carbocycles. The van der Waals surface area contributed by atoms with Crippen LogP contribution in [0.5, 0.6) is 5.75 Å². The van der Waals surface area contributed by atoms with Crippen molar-refractivity contribution < 1.29 is 18.7 Å². The van der Waals surface area contributed by atoms with Gasteiger partial charge in [-0.2, -0.15) is 0 Å². The minimum atomic E-state index is -0.701. The maximum atomic E-state index is 13.3. The van der Waals surface area contributed by atoms with Gasteiger partial charge in [0.05, 0.1) is 17.9 Å². The molecule has 1 aliphatic rings. The molecule has 5 nitrogen and oxygen atoms in total. The lowest BCUT2D eigenvalue weighted by Crippen LogP contribution is -2.22. The van der Waals surface area contributed by atoms with Crippen LogP contribution in [0, 0.1) is 5.82 Å². The minimum absolute atomic E-state index is 0.113. The molecule has 2 N–H and O–H groups in total. The predicted octanol–water partition coefficient (Wildman–Crippen LogP) is 3.43. The number of aliphatic imine (C=N–C) groups is 1. The van der Waals surface area contributed by atoms with E-state index in [1.54, 1.807) is 6.07 Å². The van der Waals surface area contributed by atoms with Crippen molar-refractivity contribution in [1.29, 1.82) is 0 Å². The summed E-state index contributed by atoms with van der Waals surface area (Å²) in [5.41, 5.74) is 6.24. The third-order valence-corrected chi connectivity index (χ3v) is 4.02. The molecule has 0 bridgehead atoms. The molecule has 0 saturated heterocycles. The second-order valence-corrected chi connectivity index (χ2v) is 6.07. The topological polar surface area (TPSA) is 81.8 Å². The van der Waals surface area contributed by atoms with Crippen LogP contribution in [0.15, 0.2) is 45.9 Å². The molecule has 24 heavy (non-hydrogen) atoms. The Labute approximate surface area is 145 Å². The number of rotatable bonds is 3. The lowest BCUT2D eigenvalue weighted by molar-refractivity contribution is 0.0986. The molecule has 0 saturated carbocycles. The van der Waals surface area contributed by atoms with Gasteiger partial charge in [-0.3, -0.25) is 9.59 Å². The highest BCUT2D eigenvalue weighted by Gasteiger charge is 2.23. The molecule has 122 valence electrons. The summed E-state index contributed by atoms with van der Waals surface area (Å²) in [6.45, 7) is 0.184. The molecule has 1 aliphatic heterocycles. The smallest absolute Gasteiger partial charge is 0.249 e. The third kappa shape index (κ3) is 3.21. The molecule has 0 unspecified atom stereocenters. The number of amides is 1. The molecule has 7 heteroatoms. The van der Waals surface area contributed by atoms with Crippen molar-refractivity contribution in [3.8, 4) is 5.75 Å². The number of hydrogen-bond donors (Lipinski definition) is 1. The summed E-state index contributed by atoms with van der Waals surface area (Å²) in [6, 6.07) is 8.57. The van der Waals surface area contributed by atoms with E-state index < -0.39 is 17.5 Å². The Morgan fingerprint density at radius 2 is 1.96 bits per heavy atom. The monoisotopic (exact) mass is 390 g/mol. The zero-order chi connectivity index (χ0) is 17.3. The summed E-state index contributed by atoms with van der Waals surface area (Å²) in [7, 11) is 0. The van der Waals surface area contributed by atoms with Crippen molar-refractivity contribution >= 4 is 39.0 Å². The number of benzene rings is 2. The fraction of sp³-hybridized carbons (Fsp3) is 0.118. The lowest BCUT2D eigenvalue weighted by atomic mass is 9.99. The van der Waals surface area contributed by atoms with Crippen molar-refractivity contribution in [3.63, 3.8) is 0 Å². The van der Waals surface area contributed by atoms with Crippen LogP contribution in [-0.2, 0) is 0 Å². The second-order valence-electron chi connectivity index (χ2n) is 5.15. The first kappa shape index (κ1) is 16.3. The fourth-order valence-corrected chi connectivity index (χ4v) is 2.75. The fourth-order valence-electron chi connectivity index (χ4n) is 2.39. The van der Waals surface area contributed by atoms with Crippen LogP contribution in [0.25, 0.3) is 0 Å². The summed E-state index contributed by atoms with van der Waals surface area (Å²) in [6.07, 6.45) is 0.239. The van der Waals surface area contributed by atoms with Crippen LogP contribution < -0.4 is 10.5 Å². The molecule has 0 spiro atoms. The Morgan fingerprint density at radius 3 is 2.71 bits per heavy atom. The molecule has 2 aromatic rings. The Hall–Kier alpha value is -2.54. The molecular formula is C17H12BrFN2O3. The quantitative estimate of drug-likeness (QED) is 0.814. The number of nitrogens with two attached hydrogens (primary N) is 1. The maximum absolute atomic E-state index is 13.3. The molecule has 1 amide bonds. The number of carbonyl (C=O) groups is 2. The van der Waals surface area contributed by atoms with Gasteiger partial charge in [0.15, 0.2) is 0 Å². The molecule has 1 heterocycles. The second kappa shape index (κ2) is 6.52. The normalized spacial score (nSPS) is 13.3. The van der Waals surface area contributed by atoms with Gasteiger partial charge in [0.25, 0.3) is 0 Å². The first-order valence-electron chi connectivity index (χ1n) is 7.09. The maximum Gasteiger partial charge on any atom is 0.249 e. The number of carbonyl (C=O) groups excluding carboxylic acids is 2. The molecule has 0 aliphatic carbocycles. The van der Waals surface area contributed by atoms with Gasteiger partial charge in [0, 0.05) is 22.5 Å². The van der Waals surface area contributed by atoms with Crippen molar-refractivity contribution in [2.75, 3.05) is 6.61 Å². The van der Waals surface area contributed by atoms with E-state index in [0.717, 1.165) is 0 Å². The largest absolute Gasteiger partial charge is 0.491 e. The number of fused-ring (bicyclic) bond motifs is 1. The van der Waals surface area contributed by atoms with Crippen LogP contribution >= 0.6 is 15.9 Å². The van der Waals surface area contributed by atoms with E-state index in [1.165, 1.54) is 30.3 Å². The van der Waals surface area contributed by atoms with Crippen LogP contribution in [0.4, 0.5) is 10.1 Å². The van der Waals surface area contributed by atoms with Gasteiger partial charge in [-0.05, 0) is 30.3 Å². The van der Waals surface area contributed by atoms with Gasteiger partial charge in [0.1, 0.15) is 17.3 Å². The van der Waals surface area contributed by atoms with E-state index >= 15 is 0 Å². The van der Waals surface area contributed by atoms with Crippen LogP contribution in [0.1, 0.15) is 27.1 Å². The van der Waals surface area contributed by atoms with E-state index in [-0.39, 0.29) is 35.6 Å². The highest BCUT2D eigenvalue weighted by atomic mass is 79.9. The van der Waals surface area contributed by atoms with Crippen LogP contribution in [-0.4, -0.2) is 24.0 Å². The van der Waals surface area contributed by atoms with E-state index in [9.17, 15) is 14.0 Å². The number of Topliss-reactive ketones (excluding diaryl/α,β-unsaturated/α-hetero) is 1. The zero-order valence-corrected chi connectivity index (χ0v) is 14.0. The third-order valence-electron chi connectivity index (χ3n) is 3.53. The van der Waals surface area contributed by atoms with E-state index in [0.29, 0.717) is 10.2 Å². The summed E-state index contributed by atoms with van der Waals surface area (Å²) >= 11 is 3.25. The standard InChI is InChI=1S/C17H12BrFN2O3/c18-9-1-3-11(12(7-9)17(20)23)16(22)14-5-6-24-15-8-10(19)2-4-13(15)21-14/h1-4,7-8H,5-6H2,(H2,20,23). The Morgan fingerprint density at radius 1 is 1.17 bits per heavy atom. The van der Waals surface area contributed by atoms with Gasteiger partial charge >= 0.3 is 0 Å². The average molecular weight is 391 g/mol. The SMILES string of the molecule is NC(=O)c1cc(Br)ccc1C(=O)C1=Nc2ccc(F)cc2OCC1. The molecule has 0 aromatic heterocycles. The number of nitrogens with zero attached hydrogens (tertiary/aromatic N) is 1. The molecule has 0 atom stereocenters. The van der Waals surface area contributed by atoms with E-state index in [2.05, 4.69) is 20.9 Å². The van der Waals surface area contributed by atoms with Gasteiger partial charge in [-0.15, -0.1) is 0 Å². The lowest BCUT2D eigenvalue weighted by Gasteiger charge is -2.07. The summed E-state index contributed by atoms with van der Waals surface area (Å²) in [4.78, 5) is 28.7. The summed E-state index contributed by atoms with van der Waals surface area (Å²) in [5.74, 6) is -1.27. The minimum Gasteiger partial charge on any atom is -0.491 e. The Balaban J connectivity index is 2.04. The number of ketones is 1. The first-order chi connectivity index (χ1) is 11.5. The van der Waals surface area contributed by atoms with Gasteiger partial charge in [0.2, 0.25) is 11.7 Å². The van der Waals surface area contributed by atoms with Crippen molar-refractivity contribution in [3.05, 3.63) is 57.8 Å². The van der Waals surface area contributed by atoms with Crippen LogP contribution in [0.3, 0.4) is 0 Å². The number of ether oxygens (including phenoxy) is 1. The summed E-state index contributed by atoms with van der Waals surface area (Å²) in [5, 5.41) is 0. The van der Waals surface area contributed by atoms with Crippen molar-refractivity contribution in [1.82, 2.24) is 0 Å². The zero-order valence-electron chi connectivity index (χ0n) is 12.4. The van der Waals surface area contributed by atoms with Gasteiger partial charge in [-0.1, -0.05) is 15.9 Å². The Kier molecular flexibility index (Phi) is 4.44. The van der Waals surface area contributed by atoms with Gasteiger partial charge < -0.3 is 10.5 Å². The first-order valence-corrected chi connectivity index (χ1v) is 7.89. The highest BCUT2D eigenvalue weighted by Crippen LogP contribution is 2.31. The van der Waals surface area contributed by atoms with Gasteiger partial charge in [-0.25, -0.2) is 9.38 Å². The molecule has 3 rings (SSSR count). The highest BCUT2D eigenvalue weighted by molar-refractivity contribution is 9.10. The predicted molar refractivity (Wildman–Crippen MR) is 90.6 cm³/mol. The number of hydrogen-bond acceptors (Lipinski definition) is 4. The average Bonchev–Trinajstić information content (AvgIpc) is 2.76. The molecule has 0 radical (unpaired) electrons. The Bertz CT molecular complexity index is 880. The summed E-state index contributed by atoms with van der Waals surface area (Å²) < 4.78 is 19.4. The number of halogens is 2. The number of primary amides is 1. The molecule has 0 fully saturated rings. The van der Waals surface area contributed by atoms with Crippen LogP contribution in [0.2, 0.25) is 0 Å². The molecular weight excluding hydrogens is 379 g/mol.